The van der Waals surface area contributed by atoms with Crippen molar-refractivity contribution in [2.75, 3.05) is 0 Å². The summed E-state index contributed by atoms with van der Waals surface area (Å²) in [5.41, 5.74) is 1.43. The molecule has 0 aliphatic rings. The molecule has 0 bridgehead atoms. The first-order valence-electron chi connectivity index (χ1n) is 8.68. The molecule has 1 aromatic rings. The zero-order valence-corrected chi connectivity index (χ0v) is 13.7. The molecular formula is C20H30O2. The van der Waals surface area contributed by atoms with E-state index < -0.39 is 5.97 Å². The van der Waals surface area contributed by atoms with Crippen LogP contribution >= 0.6 is 0 Å². The summed E-state index contributed by atoms with van der Waals surface area (Å²) in [6.45, 7) is 3.74. The molecule has 0 amide bonds. The molecule has 0 aliphatic carbocycles. The fraction of sp³-hybridized carbons (Fsp3) is 0.550. The highest BCUT2D eigenvalue weighted by atomic mass is 16.4. The average Bonchev–Trinajstić information content (AvgIpc) is 2.53. The zero-order chi connectivity index (χ0) is 16.0. The Balaban J connectivity index is 2.02. The summed E-state index contributed by atoms with van der Waals surface area (Å²) in [4.78, 5) is 11.1. The van der Waals surface area contributed by atoms with Crippen molar-refractivity contribution in [3.05, 3.63) is 48.0 Å². The summed E-state index contributed by atoms with van der Waals surface area (Å²) < 4.78 is 0. The van der Waals surface area contributed by atoms with E-state index in [1.807, 2.05) is 18.2 Å². The molecule has 0 saturated carbocycles. The molecule has 0 heterocycles. The third-order valence-electron chi connectivity index (χ3n) is 4.10. The molecule has 0 saturated heterocycles. The number of hydrogen-bond donors (Lipinski definition) is 1. The van der Waals surface area contributed by atoms with Crippen LogP contribution in [0.2, 0.25) is 0 Å². The van der Waals surface area contributed by atoms with Crippen LogP contribution in [0.3, 0.4) is 0 Å². The van der Waals surface area contributed by atoms with Gasteiger partial charge in [-0.2, -0.15) is 0 Å². The number of aryl methyl sites for hydroxylation is 1. The molecule has 1 aromatic carbocycles. The van der Waals surface area contributed by atoms with E-state index in [2.05, 4.69) is 6.58 Å². The van der Waals surface area contributed by atoms with E-state index in [4.69, 9.17) is 5.11 Å². The largest absolute Gasteiger partial charge is 0.478 e. The standard InChI is InChI=1S/C20H30O2/c1-2-3-4-5-6-7-8-9-10-11-12-15-18-16-13-14-17-19(18)20(21)22/h2,13-14,16-17H,1,3-12,15H2,(H,21,22). The van der Waals surface area contributed by atoms with Crippen molar-refractivity contribution in [1.29, 1.82) is 0 Å². The Morgan fingerprint density at radius 2 is 1.45 bits per heavy atom. The minimum Gasteiger partial charge on any atom is -0.478 e. The third-order valence-corrected chi connectivity index (χ3v) is 4.10. The summed E-state index contributed by atoms with van der Waals surface area (Å²) >= 11 is 0. The Morgan fingerprint density at radius 1 is 0.909 bits per heavy atom. The van der Waals surface area contributed by atoms with Crippen molar-refractivity contribution in [2.24, 2.45) is 0 Å². The number of carboxylic acids is 1. The number of carbonyl (C=O) groups is 1. The lowest BCUT2D eigenvalue weighted by molar-refractivity contribution is 0.0695. The van der Waals surface area contributed by atoms with Crippen LogP contribution in [0, 0.1) is 0 Å². The van der Waals surface area contributed by atoms with Gasteiger partial charge in [0, 0.05) is 0 Å². The summed E-state index contributed by atoms with van der Waals surface area (Å²) in [6.07, 6.45) is 15.5. The predicted molar refractivity (Wildman–Crippen MR) is 93.5 cm³/mol. The Bertz CT molecular complexity index is 437. The first kappa shape index (κ1) is 18.5. The lowest BCUT2D eigenvalue weighted by Crippen LogP contribution is -2.02. The van der Waals surface area contributed by atoms with Crippen molar-refractivity contribution in [3.8, 4) is 0 Å². The van der Waals surface area contributed by atoms with E-state index in [1.54, 1.807) is 12.1 Å². The number of carboxylic acid groups (broad SMARTS) is 1. The first-order valence-corrected chi connectivity index (χ1v) is 8.68. The van der Waals surface area contributed by atoms with Gasteiger partial charge in [-0.15, -0.1) is 6.58 Å². The highest BCUT2D eigenvalue weighted by Gasteiger charge is 2.07. The molecule has 0 radical (unpaired) electrons. The lowest BCUT2D eigenvalue weighted by Gasteiger charge is -2.06. The van der Waals surface area contributed by atoms with Gasteiger partial charge in [0.25, 0.3) is 0 Å². The summed E-state index contributed by atoms with van der Waals surface area (Å²) in [5, 5.41) is 9.14. The topological polar surface area (TPSA) is 37.3 Å². The van der Waals surface area contributed by atoms with Gasteiger partial charge in [0.1, 0.15) is 0 Å². The van der Waals surface area contributed by atoms with Gasteiger partial charge in [-0.1, -0.05) is 69.2 Å². The number of hydrogen-bond acceptors (Lipinski definition) is 1. The van der Waals surface area contributed by atoms with Crippen LogP contribution in [0.4, 0.5) is 0 Å². The molecule has 1 rings (SSSR count). The number of unbranched alkanes of at least 4 members (excludes halogenated alkanes) is 9. The second kappa shape index (κ2) is 12.0. The van der Waals surface area contributed by atoms with Crippen LogP contribution in [-0.2, 0) is 6.42 Å². The van der Waals surface area contributed by atoms with Gasteiger partial charge in [0.2, 0.25) is 0 Å². The van der Waals surface area contributed by atoms with E-state index in [1.165, 1.54) is 51.4 Å². The van der Waals surface area contributed by atoms with Crippen LogP contribution in [0.25, 0.3) is 0 Å². The van der Waals surface area contributed by atoms with Gasteiger partial charge in [-0.05, 0) is 37.3 Å². The molecule has 1 N–H and O–H groups in total. The molecule has 0 unspecified atom stereocenters. The molecule has 122 valence electrons. The Hall–Kier alpha value is -1.57. The minimum absolute atomic E-state index is 0.460. The summed E-state index contributed by atoms with van der Waals surface area (Å²) in [7, 11) is 0. The van der Waals surface area contributed by atoms with E-state index in [0.29, 0.717) is 5.56 Å². The molecule has 0 aromatic heterocycles. The fourth-order valence-corrected chi connectivity index (χ4v) is 2.79. The lowest BCUT2D eigenvalue weighted by atomic mass is 10.00. The maximum Gasteiger partial charge on any atom is 0.335 e. The van der Waals surface area contributed by atoms with Crippen LogP contribution < -0.4 is 0 Å². The number of allylic oxidation sites excluding steroid dienone is 1. The monoisotopic (exact) mass is 302 g/mol. The Kier molecular flexibility index (Phi) is 10.1. The quantitative estimate of drug-likeness (QED) is 0.357. The van der Waals surface area contributed by atoms with Gasteiger partial charge in [0.05, 0.1) is 5.56 Å². The van der Waals surface area contributed by atoms with Crippen LogP contribution in [0.15, 0.2) is 36.9 Å². The first-order chi connectivity index (χ1) is 10.8. The predicted octanol–water partition coefficient (Wildman–Crippen LogP) is 6.01. The zero-order valence-electron chi connectivity index (χ0n) is 13.7. The van der Waals surface area contributed by atoms with Gasteiger partial charge in [-0.25, -0.2) is 4.79 Å². The van der Waals surface area contributed by atoms with Crippen LogP contribution in [0.5, 0.6) is 0 Å². The summed E-state index contributed by atoms with van der Waals surface area (Å²) in [6, 6.07) is 7.35. The molecule has 0 spiro atoms. The Morgan fingerprint density at radius 3 is 2.05 bits per heavy atom. The fourth-order valence-electron chi connectivity index (χ4n) is 2.79. The normalized spacial score (nSPS) is 10.5. The minimum atomic E-state index is -0.813. The summed E-state index contributed by atoms with van der Waals surface area (Å²) in [5.74, 6) is -0.813. The molecule has 2 heteroatoms. The van der Waals surface area contributed by atoms with E-state index in [0.717, 1.165) is 24.8 Å². The van der Waals surface area contributed by atoms with Gasteiger partial charge in [-0.3, -0.25) is 0 Å². The Labute approximate surface area is 135 Å². The van der Waals surface area contributed by atoms with Gasteiger partial charge < -0.3 is 5.11 Å². The number of benzene rings is 1. The SMILES string of the molecule is C=CCCCCCCCCCCCc1ccccc1C(=O)O. The van der Waals surface area contributed by atoms with E-state index in [-0.39, 0.29) is 0 Å². The van der Waals surface area contributed by atoms with E-state index >= 15 is 0 Å². The molecule has 0 fully saturated rings. The molecular weight excluding hydrogens is 272 g/mol. The number of rotatable bonds is 13. The second-order valence-electron chi connectivity index (χ2n) is 5.97. The average molecular weight is 302 g/mol. The second-order valence-corrected chi connectivity index (χ2v) is 5.97. The highest BCUT2D eigenvalue weighted by Crippen LogP contribution is 2.15. The van der Waals surface area contributed by atoms with Crippen LogP contribution in [0.1, 0.15) is 80.1 Å². The molecule has 0 atom stereocenters. The maximum atomic E-state index is 11.1. The van der Waals surface area contributed by atoms with Crippen molar-refractivity contribution >= 4 is 5.97 Å². The van der Waals surface area contributed by atoms with Gasteiger partial charge in [0.15, 0.2) is 0 Å². The third kappa shape index (κ3) is 8.02. The van der Waals surface area contributed by atoms with Gasteiger partial charge >= 0.3 is 5.97 Å². The smallest absolute Gasteiger partial charge is 0.335 e. The molecule has 2 nitrogen and oxygen atoms in total. The van der Waals surface area contributed by atoms with Crippen molar-refractivity contribution < 1.29 is 9.90 Å². The molecule has 22 heavy (non-hydrogen) atoms. The van der Waals surface area contributed by atoms with Crippen molar-refractivity contribution in [3.63, 3.8) is 0 Å². The van der Waals surface area contributed by atoms with Crippen LogP contribution in [-0.4, -0.2) is 11.1 Å². The van der Waals surface area contributed by atoms with Crippen molar-refractivity contribution in [1.82, 2.24) is 0 Å². The van der Waals surface area contributed by atoms with Crippen molar-refractivity contribution in [2.45, 2.75) is 70.6 Å². The molecule has 0 aliphatic heterocycles. The van der Waals surface area contributed by atoms with E-state index in [9.17, 15) is 4.79 Å². The maximum absolute atomic E-state index is 11.1. The highest BCUT2D eigenvalue weighted by molar-refractivity contribution is 5.89. The number of aromatic carboxylic acids is 1.